The van der Waals surface area contributed by atoms with Crippen LogP contribution in [0.4, 0.5) is 5.82 Å². The van der Waals surface area contributed by atoms with E-state index >= 15 is 0 Å². The predicted octanol–water partition coefficient (Wildman–Crippen LogP) is 3.31. The van der Waals surface area contributed by atoms with Crippen LogP contribution in [-0.2, 0) is 16.6 Å². The lowest BCUT2D eigenvalue weighted by molar-refractivity contribution is -0.130. The lowest BCUT2D eigenvalue weighted by Gasteiger charge is -2.23. The van der Waals surface area contributed by atoms with Crippen molar-refractivity contribution in [2.75, 3.05) is 38.2 Å². The second-order valence-corrected chi connectivity index (χ2v) is 9.60. The fraction of sp³-hybridized carbons (Fsp3) is 0.542. The number of fused-ring (bicyclic) bond motifs is 1. The minimum absolute atomic E-state index is 0.0136. The molecule has 2 aliphatic rings. The highest BCUT2D eigenvalue weighted by molar-refractivity contribution is 5.77. The van der Waals surface area contributed by atoms with E-state index in [-0.39, 0.29) is 11.3 Å². The number of carbonyl (C=O) groups excluding carboxylic acids is 1. The molecular formula is C24H32N4O2. The van der Waals surface area contributed by atoms with Gasteiger partial charge in [-0.25, -0.2) is 0 Å². The summed E-state index contributed by atoms with van der Waals surface area (Å²) in [6.45, 7) is 10.1. The Morgan fingerprint density at radius 3 is 2.20 bits per heavy atom. The zero-order valence-corrected chi connectivity index (χ0v) is 18.5. The Morgan fingerprint density at radius 2 is 1.67 bits per heavy atom. The van der Waals surface area contributed by atoms with Crippen molar-refractivity contribution in [3.05, 3.63) is 47.7 Å². The summed E-state index contributed by atoms with van der Waals surface area (Å²) in [7, 11) is 1.66. The number of amides is 1. The molecule has 0 N–H and O–H groups in total. The second-order valence-electron chi connectivity index (χ2n) is 9.60. The molecule has 0 aliphatic carbocycles. The van der Waals surface area contributed by atoms with Crippen LogP contribution >= 0.6 is 0 Å². The van der Waals surface area contributed by atoms with Gasteiger partial charge in [-0.05, 0) is 36.2 Å². The molecule has 2 fully saturated rings. The molecule has 2 atom stereocenters. The first-order valence-electron chi connectivity index (χ1n) is 10.8. The van der Waals surface area contributed by atoms with Crippen LogP contribution in [-0.4, -0.2) is 54.3 Å². The quantitative estimate of drug-likeness (QED) is 0.760. The summed E-state index contributed by atoms with van der Waals surface area (Å²) in [5.41, 5.74) is 2.20. The number of rotatable bonds is 5. The van der Waals surface area contributed by atoms with E-state index in [1.807, 2.05) is 24.3 Å². The summed E-state index contributed by atoms with van der Waals surface area (Å²) in [6.07, 6.45) is 1.34. The number of carbonyl (C=O) groups is 1. The van der Waals surface area contributed by atoms with Crippen molar-refractivity contribution in [1.29, 1.82) is 0 Å². The molecule has 3 heterocycles. The zero-order valence-electron chi connectivity index (χ0n) is 18.5. The molecule has 0 saturated carbocycles. The van der Waals surface area contributed by atoms with Gasteiger partial charge in [0.2, 0.25) is 5.91 Å². The van der Waals surface area contributed by atoms with Gasteiger partial charge < -0.3 is 14.5 Å². The maximum Gasteiger partial charge on any atom is 0.222 e. The minimum atomic E-state index is 0.0136. The van der Waals surface area contributed by atoms with Crippen molar-refractivity contribution in [3.63, 3.8) is 0 Å². The fourth-order valence-electron chi connectivity index (χ4n) is 4.48. The van der Waals surface area contributed by atoms with Crippen molar-refractivity contribution >= 4 is 11.7 Å². The summed E-state index contributed by atoms with van der Waals surface area (Å²) in [5.74, 6) is 3.12. The third-order valence-corrected chi connectivity index (χ3v) is 6.37. The molecule has 4 rings (SSSR count). The van der Waals surface area contributed by atoms with Crippen molar-refractivity contribution in [3.8, 4) is 5.75 Å². The van der Waals surface area contributed by atoms with E-state index < -0.39 is 0 Å². The maximum absolute atomic E-state index is 12.7. The number of benzene rings is 1. The first-order chi connectivity index (χ1) is 14.3. The number of likely N-dealkylation sites (tertiary alicyclic amines) is 1. The molecule has 160 valence electrons. The first kappa shape index (κ1) is 20.6. The van der Waals surface area contributed by atoms with E-state index in [0.29, 0.717) is 18.3 Å². The van der Waals surface area contributed by atoms with E-state index in [4.69, 9.17) is 4.74 Å². The Hall–Kier alpha value is -2.63. The number of methoxy groups -OCH3 is 1. The Kier molecular flexibility index (Phi) is 5.67. The number of aromatic nitrogens is 2. The number of nitrogens with zero attached hydrogens (tertiary/aromatic N) is 4. The van der Waals surface area contributed by atoms with E-state index in [2.05, 4.69) is 52.9 Å². The third-order valence-electron chi connectivity index (χ3n) is 6.37. The Bertz CT molecular complexity index is 860. The summed E-state index contributed by atoms with van der Waals surface area (Å²) in [4.78, 5) is 17.1. The SMILES string of the molecule is COc1ccc(CCC(=O)N2CC3CN(c4ccc(C(C)(C)C)nn4)CC3C2)cc1. The average molecular weight is 409 g/mol. The van der Waals surface area contributed by atoms with E-state index in [9.17, 15) is 4.79 Å². The molecule has 2 saturated heterocycles. The van der Waals surface area contributed by atoms with Crippen LogP contribution in [0.1, 0.15) is 38.4 Å². The molecule has 0 bridgehead atoms. The lowest BCUT2D eigenvalue weighted by Crippen LogP contribution is -2.33. The van der Waals surface area contributed by atoms with Crippen LogP contribution in [0.15, 0.2) is 36.4 Å². The molecule has 6 nitrogen and oxygen atoms in total. The molecule has 0 radical (unpaired) electrons. The number of ether oxygens (including phenoxy) is 1. The molecule has 6 heteroatoms. The van der Waals surface area contributed by atoms with Gasteiger partial charge in [0.25, 0.3) is 0 Å². The van der Waals surface area contributed by atoms with Gasteiger partial charge in [-0.2, -0.15) is 5.10 Å². The van der Waals surface area contributed by atoms with Crippen LogP contribution in [0.25, 0.3) is 0 Å². The fourth-order valence-corrected chi connectivity index (χ4v) is 4.48. The Balaban J connectivity index is 1.28. The van der Waals surface area contributed by atoms with Gasteiger partial charge in [0.1, 0.15) is 5.75 Å². The third kappa shape index (κ3) is 4.42. The van der Waals surface area contributed by atoms with Crippen LogP contribution in [0.2, 0.25) is 0 Å². The van der Waals surface area contributed by atoms with Crippen LogP contribution in [0, 0.1) is 11.8 Å². The number of hydrogen-bond donors (Lipinski definition) is 0. The van der Waals surface area contributed by atoms with Gasteiger partial charge in [0.05, 0.1) is 12.8 Å². The first-order valence-corrected chi connectivity index (χ1v) is 10.8. The van der Waals surface area contributed by atoms with Gasteiger partial charge in [-0.1, -0.05) is 32.9 Å². The van der Waals surface area contributed by atoms with E-state index in [1.54, 1.807) is 7.11 Å². The van der Waals surface area contributed by atoms with Gasteiger partial charge in [-0.3, -0.25) is 4.79 Å². The standard InChI is InChI=1S/C24H32N4O2/c1-24(2,3)21-10-11-22(26-25-21)27-13-18-15-28(16-19(18)14-27)23(29)12-7-17-5-8-20(30-4)9-6-17/h5-6,8-11,18-19H,7,12-16H2,1-4H3. The smallest absolute Gasteiger partial charge is 0.222 e. The summed E-state index contributed by atoms with van der Waals surface area (Å²) >= 11 is 0. The number of anilines is 1. The molecule has 1 amide bonds. The molecule has 2 aromatic rings. The summed E-state index contributed by atoms with van der Waals surface area (Å²) in [5, 5.41) is 8.90. The van der Waals surface area contributed by atoms with Gasteiger partial charge >= 0.3 is 0 Å². The van der Waals surface area contributed by atoms with Crippen molar-refractivity contribution in [1.82, 2.24) is 15.1 Å². The van der Waals surface area contributed by atoms with Gasteiger partial charge in [0.15, 0.2) is 5.82 Å². The van der Waals surface area contributed by atoms with Crippen molar-refractivity contribution in [2.24, 2.45) is 11.8 Å². The van der Waals surface area contributed by atoms with E-state index in [1.165, 1.54) is 5.56 Å². The molecule has 0 spiro atoms. The molecule has 1 aromatic heterocycles. The monoisotopic (exact) mass is 408 g/mol. The summed E-state index contributed by atoms with van der Waals surface area (Å²) < 4.78 is 5.19. The lowest BCUT2D eigenvalue weighted by atomic mass is 9.92. The average Bonchev–Trinajstić information content (AvgIpc) is 3.31. The molecule has 2 aliphatic heterocycles. The zero-order chi connectivity index (χ0) is 21.3. The van der Waals surface area contributed by atoms with Gasteiger partial charge in [0, 0.05) is 49.9 Å². The van der Waals surface area contributed by atoms with Gasteiger partial charge in [-0.15, -0.1) is 5.10 Å². The summed E-state index contributed by atoms with van der Waals surface area (Å²) in [6, 6.07) is 12.2. The van der Waals surface area contributed by atoms with Crippen molar-refractivity contribution < 1.29 is 9.53 Å². The highest BCUT2D eigenvalue weighted by Gasteiger charge is 2.41. The number of hydrogen-bond acceptors (Lipinski definition) is 5. The molecule has 1 aromatic carbocycles. The Labute approximate surface area is 179 Å². The van der Waals surface area contributed by atoms with Crippen molar-refractivity contribution in [2.45, 2.75) is 39.0 Å². The number of aryl methyl sites for hydroxylation is 1. The normalized spacial score (nSPS) is 21.1. The highest BCUT2D eigenvalue weighted by Crippen LogP contribution is 2.34. The largest absolute Gasteiger partial charge is 0.497 e. The van der Waals surface area contributed by atoms with E-state index in [0.717, 1.165) is 49.9 Å². The Morgan fingerprint density at radius 1 is 1.00 bits per heavy atom. The van der Waals surface area contributed by atoms with Crippen LogP contribution in [0.3, 0.4) is 0 Å². The molecule has 2 unspecified atom stereocenters. The van der Waals surface area contributed by atoms with Crippen LogP contribution < -0.4 is 9.64 Å². The predicted molar refractivity (Wildman–Crippen MR) is 118 cm³/mol. The topological polar surface area (TPSA) is 58.6 Å². The van der Waals surface area contributed by atoms with Crippen LogP contribution in [0.5, 0.6) is 5.75 Å². The highest BCUT2D eigenvalue weighted by atomic mass is 16.5. The maximum atomic E-state index is 12.7. The minimum Gasteiger partial charge on any atom is -0.497 e. The molecule has 30 heavy (non-hydrogen) atoms. The second kappa shape index (κ2) is 8.25. The molecular weight excluding hydrogens is 376 g/mol.